The number of anilines is 3. The molecule has 0 radical (unpaired) electrons. The third-order valence-corrected chi connectivity index (χ3v) is 9.66. The van der Waals surface area contributed by atoms with Crippen LogP contribution in [0.5, 0.6) is 11.5 Å². The number of nitrogens with one attached hydrogen (secondary N) is 1. The first-order valence-electron chi connectivity index (χ1n) is 16.1. The average Bonchev–Trinajstić information content (AvgIpc) is 3.11. The number of hydrogen-bond donors (Lipinski definition) is 1. The molecule has 0 saturated carbocycles. The van der Waals surface area contributed by atoms with E-state index in [0.29, 0.717) is 67.8 Å². The standard InChI is InChI=1S/C37H39N5O5/c1-46-29-13-10-26(11-14-29)36(44)38-30-21-27(37(45)40-18-16-39(17-19-40)33-6-3-4-8-34(33)47-2)12-15-32(30)41-22-25-20-28(24-41)31-7-5-9-35(43)42(31)23-25/h3-15,21,25,28H,16-20,22-24H2,1-2H3,(H,38,44)/t25-,28+/m1/s1. The van der Waals surface area contributed by atoms with Crippen molar-refractivity contribution in [3.8, 4) is 11.5 Å². The third-order valence-electron chi connectivity index (χ3n) is 9.66. The Hall–Kier alpha value is -5.25. The van der Waals surface area contributed by atoms with Crippen molar-refractivity contribution < 1.29 is 19.1 Å². The number of carbonyl (C=O) groups excluding carboxylic acids is 2. The predicted octanol–water partition coefficient (Wildman–Crippen LogP) is 4.70. The highest BCUT2D eigenvalue weighted by Crippen LogP contribution is 2.39. The number of nitrogens with zero attached hydrogens (tertiary/aromatic N) is 4. The van der Waals surface area contributed by atoms with Crippen LogP contribution in [0.2, 0.25) is 0 Å². The molecule has 1 N–H and O–H groups in total. The molecule has 10 heteroatoms. The summed E-state index contributed by atoms with van der Waals surface area (Å²) in [4.78, 5) is 46.4. The highest BCUT2D eigenvalue weighted by molar-refractivity contribution is 6.07. The second-order valence-electron chi connectivity index (χ2n) is 12.5. The highest BCUT2D eigenvalue weighted by Gasteiger charge is 2.35. The SMILES string of the molecule is COc1ccc(C(=O)Nc2cc(C(=O)N3CCN(c4ccccc4OC)CC3)ccc2N2C[C@H]3C[C@@H](C2)c2cccc(=O)n2C3)cc1. The third kappa shape index (κ3) is 6.03. The molecular weight excluding hydrogens is 594 g/mol. The largest absolute Gasteiger partial charge is 0.497 e. The van der Waals surface area contributed by atoms with E-state index in [1.165, 1.54) is 0 Å². The zero-order valence-electron chi connectivity index (χ0n) is 26.7. The highest BCUT2D eigenvalue weighted by atomic mass is 16.5. The Kier molecular flexibility index (Phi) is 8.32. The summed E-state index contributed by atoms with van der Waals surface area (Å²) < 4.78 is 12.7. The van der Waals surface area contributed by atoms with Gasteiger partial charge in [0.2, 0.25) is 0 Å². The Morgan fingerprint density at radius 3 is 2.28 bits per heavy atom. The van der Waals surface area contributed by atoms with Gasteiger partial charge in [0.15, 0.2) is 0 Å². The molecule has 2 bridgehead atoms. The number of pyridine rings is 1. The fourth-order valence-electron chi connectivity index (χ4n) is 7.30. The summed E-state index contributed by atoms with van der Waals surface area (Å²) in [6, 6.07) is 26.1. The first-order chi connectivity index (χ1) is 22.9. The van der Waals surface area contributed by atoms with E-state index < -0.39 is 0 Å². The topological polar surface area (TPSA) is 96.3 Å². The van der Waals surface area contributed by atoms with E-state index in [0.717, 1.165) is 35.8 Å². The van der Waals surface area contributed by atoms with Gasteiger partial charge >= 0.3 is 0 Å². The molecule has 4 aromatic rings. The Labute approximate surface area is 274 Å². The lowest BCUT2D eigenvalue weighted by Gasteiger charge is -2.44. The van der Waals surface area contributed by atoms with E-state index in [4.69, 9.17) is 9.47 Å². The molecule has 4 heterocycles. The Morgan fingerprint density at radius 1 is 0.745 bits per heavy atom. The van der Waals surface area contributed by atoms with Crippen LogP contribution in [0.15, 0.2) is 89.7 Å². The molecule has 0 unspecified atom stereocenters. The first kappa shape index (κ1) is 30.4. The quantitative estimate of drug-likeness (QED) is 0.315. The number of methoxy groups -OCH3 is 2. The number of carbonyl (C=O) groups is 2. The van der Waals surface area contributed by atoms with Crippen LogP contribution in [0, 0.1) is 5.92 Å². The van der Waals surface area contributed by atoms with Gasteiger partial charge in [-0.15, -0.1) is 0 Å². The van der Waals surface area contributed by atoms with Gasteiger partial charge in [0, 0.05) is 74.6 Å². The molecule has 2 amide bonds. The number of para-hydroxylation sites is 2. The van der Waals surface area contributed by atoms with Crippen molar-refractivity contribution in [2.75, 3.05) is 68.6 Å². The van der Waals surface area contributed by atoms with Gasteiger partial charge in [-0.2, -0.15) is 0 Å². The van der Waals surface area contributed by atoms with Crippen molar-refractivity contribution in [1.29, 1.82) is 0 Å². The van der Waals surface area contributed by atoms with Crippen molar-refractivity contribution in [2.45, 2.75) is 18.9 Å². The number of rotatable bonds is 7. The zero-order valence-corrected chi connectivity index (χ0v) is 26.7. The maximum Gasteiger partial charge on any atom is 0.255 e. The molecule has 3 aliphatic rings. The number of piperidine rings is 1. The minimum absolute atomic E-state index is 0.0460. The summed E-state index contributed by atoms with van der Waals surface area (Å²) in [5.74, 6) is 1.64. The van der Waals surface area contributed by atoms with E-state index in [-0.39, 0.29) is 23.3 Å². The second-order valence-corrected chi connectivity index (χ2v) is 12.5. The van der Waals surface area contributed by atoms with Crippen LogP contribution in [0.4, 0.5) is 17.1 Å². The number of amides is 2. The van der Waals surface area contributed by atoms with Crippen molar-refractivity contribution in [3.63, 3.8) is 0 Å². The molecular formula is C37H39N5O5. The maximum atomic E-state index is 13.9. The van der Waals surface area contributed by atoms with E-state index in [1.807, 2.05) is 64.1 Å². The fraction of sp³-hybridized carbons (Fsp3) is 0.324. The number of hydrogen-bond acceptors (Lipinski definition) is 7. The molecule has 0 spiro atoms. The van der Waals surface area contributed by atoms with Gasteiger partial charge in [-0.25, -0.2) is 0 Å². The summed E-state index contributed by atoms with van der Waals surface area (Å²) in [6.07, 6.45) is 1.02. The maximum absolute atomic E-state index is 13.9. The van der Waals surface area contributed by atoms with Gasteiger partial charge in [-0.3, -0.25) is 14.4 Å². The van der Waals surface area contributed by atoms with Crippen molar-refractivity contribution in [2.24, 2.45) is 5.92 Å². The van der Waals surface area contributed by atoms with E-state index in [1.54, 1.807) is 44.6 Å². The molecule has 47 heavy (non-hydrogen) atoms. The lowest BCUT2D eigenvalue weighted by molar-refractivity contribution is 0.0746. The lowest BCUT2D eigenvalue weighted by Crippen LogP contribution is -2.49. The van der Waals surface area contributed by atoms with Gasteiger partial charge < -0.3 is 34.1 Å². The number of benzene rings is 3. The Morgan fingerprint density at radius 2 is 1.51 bits per heavy atom. The van der Waals surface area contributed by atoms with Crippen LogP contribution in [-0.4, -0.2) is 74.8 Å². The van der Waals surface area contributed by atoms with Crippen LogP contribution in [0.1, 0.15) is 38.7 Å². The number of piperazine rings is 1. The van der Waals surface area contributed by atoms with E-state index >= 15 is 0 Å². The molecule has 242 valence electrons. The fourth-order valence-corrected chi connectivity index (χ4v) is 7.30. The summed E-state index contributed by atoms with van der Waals surface area (Å²) >= 11 is 0. The normalized spacial score (nSPS) is 18.7. The zero-order chi connectivity index (χ0) is 32.5. The van der Waals surface area contributed by atoms with Crippen molar-refractivity contribution >= 4 is 28.9 Å². The van der Waals surface area contributed by atoms with Crippen LogP contribution < -0.4 is 30.1 Å². The van der Waals surface area contributed by atoms with Crippen molar-refractivity contribution in [1.82, 2.24) is 9.47 Å². The number of fused-ring (bicyclic) bond motifs is 4. The summed E-state index contributed by atoms with van der Waals surface area (Å²) in [6.45, 7) is 4.65. The summed E-state index contributed by atoms with van der Waals surface area (Å²) in [5, 5.41) is 3.13. The molecule has 10 nitrogen and oxygen atoms in total. The molecule has 1 aromatic heterocycles. The van der Waals surface area contributed by atoms with Gasteiger partial charge in [0.25, 0.3) is 17.4 Å². The molecule has 2 saturated heterocycles. The number of ether oxygens (including phenoxy) is 2. The number of aromatic nitrogens is 1. The van der Waals surface area contributed by atoms with Crippen LogP contribution in [0.25, 0.3) is 0 Å². The predicted molar refractivity (Wildman–Crippen MR) is 182 cm³/mol. The van der Waals surface area contributed by atoms with Gasteiger partial charge in [-0.05, 0) is 73.0 Å². The van der Waals surface area contributed by atoms with Crippen LogP contribution in [0.3, 0.4) is 0 Å². The van der Waals surface area contributed by atoms with Crippen molar-refractivity contribution in [3.05, 3.63) is 112 Å². The van der Waals surface area contributed by atoms with Crippen LogP contribution >= 0.6 is 0 Å². The summed E-state index contributed by atoms with van der Waals surface area (Å²) in [7, 11) is 3.26. The lowest BCUT2D eigenvalue weighted by atomic mass is 9.83. The Bertz CT molecular complexity index is 1850. The minimum Gasteiger partial charge on any atom is -0.497 e. The average molecular weight is 634 g/mol. The van der Waals surface area contributed by atoms with Crippen LogP contribution in [-0.2, 0) is 6.54 Å². The second kappa shape index (κ2) is 12.9. The monoisotopic (exact) mass is 633 g/mol. The molecule has 3 aliphatic heterocycles. The summed E-state index contributed by atoms with van der Waals surface area (Å²) in [5.41, 5.74) is 4.60. The smallest absolute Gasteiger partial charge is 0.255 e. The molecule has 2 fully saturated rings. The van der Waals surface area contributed by atoms with E-state index in [9.17, 15) is 14.4 Å². The molecule has 0 aliphatic carbocycles. The molecule has 3 aromatic carbocycles. The first-order valence-corrected chi connectivity index (χ1v) is 16.1. The van der Waals surface area contributed by atoms with E-state index in [2.05, 4.69) is 15.1 Å². The minimum atomic E-state index is -0.266. The Balaban J connectivity index is 1.15. The van der Waals surface area contributed by atoms with Gasteiger partial charge in [0.1, 0.15) is 11.5 Å². The van der Waals surface area contributed by atoms with Gasteiger partial charge in [0.05, 0.1) is 31.3 Å². The molecule has 2 atom stereocenters. The molecule has 7 rings (SSSR count). The van der Waals surface area contributed by atoms with Gasteiger partial charge in [-0.1, -0.05) is 18.2 Å².